The molecule has 0 bridgehead atoms. The predicted molar refractivity (Wildman–Crippen MR) is 428 cm³/mol. The summed E-state index contributed by atoms with van der Waals surface area (Å²) in [5.74, 6) is -15.3. The number of piperidine rings is 1. The van der Waals surface area contributed by atoms with Crippen molar-refractivity contribution in [1.29, 1.82) is 0 Å². The molecule has 3 aromatic rings. The van der Waals surface area contributed by atoms with E-state index in [0.29, 0.717) is 48.4 Å². The van der Waals surface area contributed by atoms with Gasteiger partial charge in [0.05, 0.1) is 42.3 Å². The molecule has 37 heteroatoms. The predicted octanol–water partition coefficient (Wildman–Crippen LogP) is 6.50. The number of nitrogens with zero attached hydrogens (tertiary/aromatic N) is 3. The molecule has 1 saturated heterocycles. The van der Waals surface area contributed by atoms with Gasteiger partial charge in [-0.15, -0.1) is 11.3 Å². The number of carboxylic acids is 5. The highest BCUT2D eigenvalue weighted by Crippen LogP contribution is 2.33. The van der Waals surface area contributed by atoms with Crippen molar-refractivity contribution in [2.45, 2.75) is 213 Å². The topological polar surface area (TPSA) is 511 Å². The van der Waals surface area contributed by atoms with Crippen LogP contribution in [0.15, 0.2) is 53.9 Å². The number of likely N-dealkylation sites (tertiary alicyclic amines) is 1. The Labute approximate surface area is 681 Å². The third-order valence-electron chi connectivity index (χ3n) is 19.5. The van der Waals surface area contributed by atoms with E-state index in [4.69, 9.17) is 19.6 Å². The van der Waals surface area contributed by atoms with E-state index >= 15 is 0 Å². The number of carbonyl (C=O) groups is 15. The van der Waals surface area contributed by atoms with Gasteiger partial charge in [0.15, 0.2) is 11.6 Å². The summed E-state index contributed by atoms with van der Waals surface area (Å²) in [6.07, 6.45) is 2.76. The zero-order valence-electron chi connectivity index (χ0n) is 66.6. The number of unbranched alkanes of at least 4 members (excludes halogenated alkanes) is 1. The number of aromatic hydroxyl groups is 1. The van der Waals surface area contributed by atoms with E-state index in [1.165, 1.54) is 35.6 Å². The largest absolute Gasteiger partial charge is 0.508 e. The maximum absolute atomic E-state index is 14.9. The molecule has 2 aromatic carbocycles. The molecule has 2 heterocycles. The number of nitrogens with one attached hydrogen (secondary N) is 8. The second-order valence-electron chi connectivity index (χ2n) is 29.2. The van der Waals surface area contributed by atoms with Gasteiger partial charge in [0.1, 0.15) is 43.4 Å². The molecule has 638 valence electrons. The van der Waals surface area contributed by atoms with Gasteiger partial charge in [-0.3, -0.25) is 57.6 Å². The first kappa shape index (κ1) is 97.9. The van der Waals surface area contributed by atoms with Gasteiger partial charge in [-0.05, 0) is 118 Å². The Kier molecular flexibility index (Phi) is 44.4. The maximum Gasteiger partial charge on any atom is 0.327 e. The summed E-state index contributed by atoms with van der Waals surface area (Å²) in [6, 6.07) is 5.56. The lowest BCUT2D eigenvalue weighted by atomic mass is 9.82. The zero-order chi connectivity index (χ0) is 85.3. The van der Waals surface area contributed by atoms with E-state index in [-0.39, 0.29) is 142 Å². The van der Waals surface area contributed by atoms with Gasteiger partial charge in [0.2, 0.25) is 23.6 Å². The number of ether oxygens (including phenoxy) is 2. The number of carboxylic acid groups (broad SMARTS) is 5. The van der Waals surface area contributed by atoms with Gasteiger partial charge in [-0.25, -0.2) is 24.2 Å². The number of esters is 1. The van der Waals surface area contributed by atoms with Crippen molar-refractivity contribution in [3.8, 4) is 5.75 Å². The third-order valence-corrected chi connectivity index (χ3v) is 22.9. The first-order chi connectivity index (χ1) is 54.6. The number of urea groups is 2. The molecule has 14 N–H and O–H groups in total. The van der Waals surface area contributed by atoms with E-state index in [1.807, 2.05) is 39.6 Å². The van der Waals surface area contributed by atoms with Crippen molar-refractivity contribution in [2.75, 3.05) is 64.7 Å². The molecule has 0 radical (unpaired) electrons. The Morgan fingerprint density at radius 3 is 1.97 bits per heavy atom. The second kappa shape index (κ2) is 52.2. The summed E-state index contributed by atoms with van der Waals surface area (Å²) in [5, 5.41) is 80.0. The number of carbonyl (C=O) groups excluding carboxylic acids is 10. The highest BCUT2D eigenvalue weighted by molar-refractivity contribution is 8.76. The van der Waals surface area contributed by atoms with Crippen molar-refractivity contribution in [3.63, 3.8) is 0 Å². The van der Waals surface area contributed by atoms with Crippen molar-refractivity contribution in [2.24, 2.45) is 29.6 Å². The first-order valence-corrected chi connectivity index (χ1v) is 42.2. The molecule has 1 unspecified atom stereocenters. The molecule has 0 spiro atoms. The van der Waals surface area contributed by atoms with Gasteiger partial charge >= 0.3 is 47.9 Å². The number of likely N-dealkylation sites (N-methyl/N-ethyl adjacent to an activating group) is 1. The molecular formula is C78H115N11O23S3. The minimum atomic E-state index is -1.74. The van der Waals surface area contributed by atoms with Crippen LogP contribution in [0.5, 0.6) is 5.75 Å². The Morgan fingerprint density at radius 2 is 1.33 bits per heavy atom. The minimum absolute atomic E-state index is 0.0154. The van der Waals surface area contributed by atoms with Gasteiger partial charge < -0.3 is 87.5 Å². The number of phenolic OH excluding ortho intramolecular Hbond substituents is 1. The van der Waals surface area contributed by atoms with Crippen LogP contribution >= 0.6 is 32.9 Å². The van der Waals surface area contributed by atoms with Crippen LogP contribution in [-0.2, 0) is 86.4 Å². The Hall–Kier alpha value is -9.46. The number of Topliss-reactive ketones (excluding diaryl/α,β-unsaturated/α-hetero) is 2. The lowest BCUT2D eigenvalue weighted by molar-refractivity contribution is -0.151. The molecule has 0 aliphatic carbocycles. The molecule has 4 rings (SSSR count). The monoisotopic (exact) mass is 1670 g/mol. The van der Waals surface area contributed by atoms with Crippen molar-refractivity contribution in [1.82, 2.24) is 57.3 Å². The summed E-state index contributed by atoms with van der Waals surface area (Å²) in [4.78, 5) is 201. The average Bonchev–Trinajstić information content (AvgIpc) is 1.67. The molecule has 11 atom stereocenters. The summed E-state index contributed by atoms with van der Waals surface area (Å²) < 4.78 is 11.4. The summed E-state index contributed by atoms with van der Waals surface area (Å²) in [6.45, 7) is 14.7. The second-order valence-corrected chi connectivity index (χ2v) is 32.7. The van der Waals surface area contributed by atoms with Gasteiger partial charge in [-0.1, -0.05) is 119 Å². The standard InChI is InChI=1S/C78H115N11O23S3/c1-9-30-111-45-89(74(104)56(47(5)10-2)39-64(92)61-17-12-14-29-88(61)8)62(46(3)4)34-49(7)73-86-59(43-113-73)72(103)83-54(35-50-23-25-55(90)26-24-50)33-48(6)70(101)81-42-69(100)112-31-32-114-115-44-60(76(107)108)85-71(102)53(38-67(96)97)37-63(91)58(40-68(98)99)84-65(93)36-51-19-21-52(22-20-51)41-82-77(109)79-27-13-11-16-57(75(105)106)87-78(110)80-28-15-18-66(94)95/h19-26,43,46-49,53-54,56-58,60-62,90H,9-18,27-42,44-45H2,1-8H3,(H,81,101)(H,83,103)(H,84,93)(H,85,102)(H,94,95)(H,96,97)(H,98,99)(H,105,106)(H,107,108)(H2,79,82,109)(H2,80,87,110)/t47?,48-,49+,53-,54+,56-,57-,58-,60-,61+,62+/m0/s1. The van der Waals surface area contributed by atoms with Crippen LogP contribution in [0.1, 0.15) is 189 Å². The number of hydrogen-bond donors (Lipinski definition) is 14. The summed E-state index contributed by atoms with van der Waals surface area (Å²) in [7, 11) is 3.97. The van der Waals surface area contributed by atoms with E-state index in [2.05, 4.69) is 61.3 Å². The number of phenols is 1. The average molecular weight is 1670 g/mol. The van der Waals surface area contributed by atoms with Crippen molar-refractivity contribution >= 4 is 122 Å². The third kappa shape index (κ3) is 37.4. The molecular weight excluding hydrogens is 1560 g/mol. The minimum Gasteiger partial charge on any atom is -0.508 e. The maximum atomic E-state index is 14.9. The fraction of sp³-hybridized carbons (Fsp3) is 0.615. The lowest BCUT2D eigenvalue weighted by Crippen LogP contribution is -2.50. The van der Waals surface area contributed by atoms with Crippen LogP contribution in [0, 0.1) is 29.6 Å². The van der Waals surface area contributed by atoms with Crippen LogP contribution in [0.25, 0.3) is 0 Å². The van der Waals surface area contributed by atoms with Gasteiger partial charge in [-0.2, -0.15) is 0 Å². The van der Waals surface area contributed by atoms with Crippen molar-refractivity contribution in [3.05, 3.63) is 81.3 Å². The molecule has 115 heavy (non-hydrogen) atoms. The fourth-order valence-corrected chi connectivity index (χ4v) is 15.6. The smallest absolute Gasteiger partial charge is 0.327 e. The number of rotatable bonds is 56. The zero-order valence-corrected chi connectivity index (χ0v) is 69.1. The quantitative estimate of drug-likeness (QED) is 0.0124. The highest BCUT2D eigenvalue weighted by atomic mass is 33.1. The number of ketones is 2. The first-order valence-electron chi connectivity index (χ1n) is 38.8. The molecule has 9 amide bonds. The summed E-state index contributed by atoms with van der Waals surface area (Å²) in [5.41, 5.74) is 1.89. The Bertz CT molecular complexity index is 3700. The number of amides is 9. The van der Waals surface area contributed by atoms with Crippen LogP contribution < -0.4 is 42.5 Å². The van der Waals surface area contributed by atoms with E-state index in [0.717, 1.165) is 59.4 Å². The number of aromatic nitrogens is 1. The number of hydrogen-bond acceptors (Lipinski definition) is 23. The molecule has 1 aromatic heterocycles. The summed E-state index contributed by atoms with van der Waals surface area (Å²) >= 11 is 1.31. The number of aliphatic carboxylic acids is 5. The lowest BCUT2D eigenvalue weighted by Gasteiger charge is -2.39. The van der Waals surface area contributed by atoms with E-state index < -0.39 is 145 Å². The highest BCUT2D eigenvalue weighted by Gasteiger charge is 2.39. The number of thiazole rings is 1. The Morgan fingerprint density at radius 1 is 0.670 bits per heavy atom. The molecule has 0 saturated carbocycles. The SMILES string of the molecule is CCCOCN(C(=O)[C@@H](CC(=O)[C@H]1CCCCN1C)C(C)CC)[C@H](C[C@@H](C)c1nc(C(=O)N[C@@H](Cc2ccc(O)cc2)C[C@H](C)C(=O)NCC(=O)OCCSSC[C@H](NC(=O)[C@H](CC(=O)O)CC(=O)[C@H](CC(=O)O)NC(=O)Cc2ccc(CNC(=O)NCCCC[C@H](NC(=O)NCCCC(=O)O)C(=O)O)cc2)C(=O)O)cs1)C(C)C. The van der Waals surface area contributed by atoms with Gasteiger partial charge in [0.25, 0.3) is 5.91 Å². The molecule has 1 fully saturated rings. The molecule has 34 nitrogen and oxygen atoms in total. The molecule has 1 aliphatic rings. The van der Waals surface area contributed by atoms with E-state index in [1.54, 1.807) is 36.6 Å². The number of benzene rings is 2. The van der Waals surface area contributed by atoms with Crippen LogP contribution in [0.4, 0.5) is 9.59 Å². The molecule has 1 aliphatic heterocycles. The van der Waals surface area contributed by atoms with Crippen LogP contribution in [0.2, 0.25) is 0 Å². The van der Waals surface area contributed by atoms with Crippen LogP contribution in [0.3, 0.4) is 0 Å². The van der Waals surface area contributed by atoms with Gasteiger partial charge in [0, 0.05) is 92.2 Å². The van der Waals surface area contributed by atoms with Crippen LogP contribution in [-0.4, -0.2) is 235 Å². The fourth-order valence-electron chi connectivity index (χ4n) is 12.8. The van der Waals surface area contributed by atoms with Crippen molar-refractivity contribution < 1.29 is 112 Å². The Balaban J connectivity index is 1.25. The van der Waals surface area contributed by atoms with E-state index in [9.17, 15) is 97.5 Å². The normalized spacial score (nSPS) is 15.4.